The fourth-order valence-electron chi connectivity index (χ4n) is 1.75. The summed E-state index contributed by atoms with van der Waals surface area (Å²) >= 11 is 11.8. The first kappa shape index (κ1) is 15.7. The summed E-state index contributed by atoms with van der Waals surface area (Å²) in [4.78, 5) is 21.9. The number of benzene rings is 1. The predicted octanol–water partition coefficient (Wildman–Crippen LogP) is 3.31. The van der Waals surface area contributed by atoms with E-state index in [4.69, 9.17) is 23.2 Å². The standard InChI is InChI=1S/C12H13Cl2NO4/c1-7(15(17)18)10(6-12(16)19-2)9-4-3-8(13)5-11(9)14/h3-5,7,10H,6H2,1-2H3. The Hall–Kier alpha value is -1.33. The molecule has 0 radical (unpaired) electrons. The van der Waals surface area contributed by atoms with Gasteiger partial charge in [-0.3, -0.25) is 14.9 Å². The normalized spacial score (nSPS) is 13.7. The molecule has 0 aliphatic rings. The van der Waals surface area contributed by atoms with Crippen molar-refractivity contribution in [1.29, 1.82) is 0 Å². The van der Waals surface area contributed by atoms with Gasteiger partial charge in [-0.2, -0.15) is 0 Å². The lowest BCUT2D eigenvalue weighted by Gasteiger charge is -2.18. The van der Waals surface area contributed by atoms with Crippen molar-refractivity contribution >= 4 is 29.2 Å². The Morgan fingerprint density at radius 2 is 2.11 bits per heavy atom. The molecule has 0 spiro atoms. The number of hydrogen-bond donors (Lipinski definition) is 0. The highest BCUT2D eigenvalue weighted by molar-refractivity contribution is 6.35. The van der Waals surface area contributed by atoms with Crippen molar-refractivity contribution in [1.82, 2.24) is 0 Å². The molecule has 5 nitrogen and oxygen atoms in total. The molecule has 0 fully saturated rings. The van der Waals surface area contributed by atoms with E-state index in [2.05, 4.69) is 4.74 Å². The van der Waals surface area contributed by atoms with Crippen LogP contribution in [0.4, 0.5) is 0 Å². The quantitative estimate of drug-likeness (QED) is 0.475. The van der Waals surface area contributed by atoms with Crippen molar-refractivity contribution in [3.05, 3.63) is 43.9 Å². The fraction of sp³-hybridized carbons (Fsp3) is 0.417. The number of ether oxygens (including phenoxy) is 1. The lowest BCUT2D eigenvalue weighted by Crippen LogP contribution is -2.27. The van der Waals surface area contributed by atoms with Gasteiger partial charge in [0.1, 0.15) is 0 Å². The molecule has 19 heavy (non-hydrogen) atoms. The minimum Gasteiger partial charge on any atom is -0.469 e. The van der Waals surface area contributed by atoms with Crippen LogP contribution in [-0.4, -0.2) is 24.0 Å². The van der Waals surface area contributed by atoms with E-state index in [1.807, 2.05) is 0 Å². The summed E-state index contributed by atoms with van der Waals surface area (Å²) in [6, 6.07) is 3.71. The maximum atomic E-state index is 11.4. The van der Waals surface area contributed by atoms with Gasteiger partial charge in [0.2, 0.25) is 6.04 Å². The Labute approximate surface area is 120 Å². The van der Waals surface area contributed by atoms with Gasteiger partial charge >= 0.3 is 5.97 Å². The third-order valence-corrected chi connectivity index (χ3v) is 3.45. The van der Waals surface area contributed by atoms with Crippen LogP contribution in [0.15, 0.2) is 18.2 Å². The van der Waals surface area contributed by atoms with Crippen LogP contribution >= 0.6 is 23.2 Å². The number of esters is 1. The third kappa shape index (κ3) is 4.08. The SMILES string of the molecule is COC(=O)CC(c1ccc(Cl)cc1Cl)C(C)[N+](=O)[O-]. The van der Waals surface area contributed by atoms with Gasteiger partial charge in [0.15, 0.2) is 0 Å². The molecule has 0 heterocycles. The molecular weight excluding hydrogens is 293 g/mol. The monoisotopic (exact) mass is 305 g/mol. The second kappa shape index (κ2) is 6.73. The summed E-state index contributed by atoms with van der Waals surface area (Å²) in [5.41, 5.74) is 0.515. The van der Waals surface area contributed by atoms with Crippen molar-refractivity contribution in [2.24, 2.45) is 0 Å². The van der Waals surface area contributed by atoms with Gasteiger partial charge in [-0.05, 0) is 17.7 Å². The Kier molecular flexibility index (Phi) is 5.57. The van der Waals surface area contributed by atoms with Gasteiger partial charge < -0.3 is 4.74 Å². The smallest absolute Gasteiger partial charge is 0.306 e. The topological polar surface area (TPSA) is 69.4 Å². The maximum Gasteiger partial charge on any atom is 0.306 e. The van der Waals surface area contributed by atoms with Crippen molar-refractivity contribution in [3.63, 3.8) is 0 Å². The van der Waals surface area contributed by atoms with Crippen LogP contribution in [0.3, 0.4) is 0 Å². The number of carbonyl (C=O) groups is 1. The highest BCUT2D eigenvalue weighted by atomic mass is 35.5. The van der Waals surface area contributed by atoms with Crippen LogP contribution in [0.2, 0.25) is 10.0 Å². The fourth-order valence-corrected chi connectivity index (χ4v) is 2.30. The first-order chi connectivity index (χ1) is 8.86. The molecule has 2 unspecified atom stereocenters. The van der Waals surface area contributed by atoms with Crippen LogP contribution < -0.4 is 0 Å². The average Bonchev–Trinajstić information content (AvgIpc) is 2.35. The van der Waals surface area contributed by atoms with Gasteiger partial charge in [0, 0.05) is 21.9 Å². The molecule has 7 heteroatoms. The van der Waals surface area contributed by atoms with Crippen molar-refractivity contribution < 1.29 is 14.5 Å². The van der Waals surface area contributed by atoms with Crippen molar-refractivity contribution in [2.75, 3.05) is 7.11 Å². The van der Waals surface area contributed by atoms with Crippen LogP contribution in [-0.2, 0) is 9.53 Å². The van der Waals surface area contributed by atoms with Crippen molar-refractivity contribution in [3.8, 4) is 0 Å². The first-order valence-electron chi connectivity index (χ1n) is 5.52. The molecule has 0 saturated carbocycles. The molecule has 0 amide bonds. The number of nitrogens with zero attached hydrogens (tertiary/aromatic N) is 1. The molecule has 0 saturated heterocycles. The van der Waals surface area contributed by atoms with Gasteiger partial charge in [0.25, 0.3) is 0 Å². The second-order valence-corrected chi connectivity index (χ2v) is 4.92. The van der Waals surface area contributed by atoms with Crippen LogP contribution in [0.25, 0.3) is 0 Å². The minimum absolute atomic E-state index is 0.111. The lowest BCUT2D eigenvalue weighted by atomic mass is 9.89. The number of methoxy groups -OCH3 is 1. The molecule has 0 aliphatic carbocycles. The van der Waals surface area contributed by atoms with Gasteiger partial charge in [-0.15, -0.1) is 0 Å². The van der Waals surface area contributed by atoms with Gasteiger partial charge in [0.05, 0.1) is 19.4 Å². The summed E-state index contributed by atoms with van der Waals surface area (Å²) in [6.45, 7) is 1.43. The van der Waals surface area contributed by atoms with E-state index in [1.54, 1.807) is 12.1 Å². The van der Waals surface area contributed by atoms with Crippen LogP contribution in [0, 0.1) is 10.1 Å². The maximum absolute atomic E-state index is 11.4. The van der Waals surface area contributed by atoms with E-state index in [0.717, 1.165) is 0 Å². The molecular formula is C12H13Cl2NO4. The molecule has 0 bridgehead atoms. The minimum atomic E-state index is -0.960. The molecule has 0 aliphatic heterocycles. The highest BCUT2D eigenvalue weighted by Crippen LogP contribution is 2.33. The zero-order chi connectivity index (χ0) is 14.6. The van der Waals surface area contributed by atoms with Crippen LogP contribution in [0.5, 0.6) is 0 Å². The molecule has 2 atom stereocenters. The number of rotatable bonds is 5. The number of carbonyl (C=O) groups excluding carboxylic acids is 1. The average molecular weight is 306 g/mol. The molecule has 104 valence electrons. The Balaban J connectivity index is 3.14. The summed E-state index contributed by atoms with van der Waals surface area (Å²) < 4.78 is 4.57. The van der Waals surface area contributed by atoms with E-state index in [-0.39, 0.29) is 6.42 Å². The Morgan fingerprint density at radius 1 is 1.47 bits per heavy atom. The number of nitro groups is 1. The van der Waals surface area contributed by atoms with E-state index in [0.29, 0.717) is 15.6 Å². The summed E-state index contributed by atoms with van der Waals surface area (Å²) in [5, 5.41) is 11.7. The summed E-state index contributed by atoms with van der Waals surface area (Å²) in [7, 11) is 1.24. The Morgan fingerprint density at radius 3 is 2.58 bits per heavy atom. The third-order valence-electron chi connectivity index (χ3n) is 2.89. The van der Waals surface area contributed by atoms with E-state index >= 15 is 0 Å². The van der Waals surface area contributed by atoms with E-state index in [1.165, 1.54) is 20.1 Å². The zero-order valence-corrected chi connectivity index (χ0v) is 11.9. The largest absolute Gasteiger partial charge is 0.469 e. The zero-order valence-electron chi connectivity index (χ0n) is 10.4. The van der Waals surface area contributed by atoms with E-state index < -0.39 is 22.9 Å². The summed E-state index contributed by atoms with van der Waals surface area (Å²) in [6.07, 6.45) is -0.111. The molecule has 1 aromatic carbocycles. The van der Waals surface area contributed by atoms with Gasteiger partial charge in [-0.1, -0.05) is 29.3 Å². The van der Waals surface area contributed by atoms with Crippen LogP contribution in [0.1, 0.15) is 24.8 Å². The number of hydrogen-bond acceptors (Lipinski definition) is 4. The molecule has 1 aromatic rings. The second-order valence-electron chi connectivity index (χ2n) is 4.08. The Bertz CT molecular complexity index is 493. The molecule has 0 N–H and O–H groups in total. The predicted molar refractivity (Wildman–Crippen MR) is 72.3 cm³/mol. The highest BCUT2D eigenvalue weighted by Gasteiger charge is 2.32. The van der Waals surface area contributed by atoms with Crippen molar-refractivity contribution in [2.45, 2.75) is 25.3 Å². The lowest BCUT2D eigenvalue weighted by molar-refractivity contribution is -0.522. The molecule has 0 aromatic heterocycles. The van der Waals surface area contributed by atoms with Gasteiger partial charge in [-0.25, -0.2) is 0 Å². The summed E-state index contributed by atoms with van der Waals surface area (Å²) in [5.74, 6) is -1.18. The first-order valence-corrected chi connectivity index (χ1v) is 6.27. The number of halogens is 2. The van der Waals surface area contributed by atoms with E-state index in [9.17, 15) is 14.9 Å². The molecule has 1 rings (SSSR count).